The van der Waals surface area contributed by atoms with E-state index in [9.17, 15) is 4.79 Å². The zero-order chi connectivity index (χ0) is 18.1. The van der Waals surface area contributed by atoms with E-state index in [1.165, 1.54) is 0 Å². The zero-order valence-corrected chi connectivity index (χ0v) is 16.0. The number of ether oxygens (including phenoxy) is 2. The Kier molecular flexibility index (Phi) is 16.7. The normalized spacial score (nSPS) is 11.9. The fourth-order valence-electron chi connectivity index (χ4n) is 1.82. The Balaban J connectivity index is 0. The number of hydrogen-bond donors (Lipinski definition) is 1. The van der Waals surface area contributed by atoms with E-state index < -0.39 is 0 Å². The number of carbonyl (C=O) groups excluding carboxylic acids is 1. The predicted molar refractivity (Wildman–Crippen MR) is 97.4 cm³/mol. The molecule has 0 aromatic carbocycles. The van der Waals surface area contributed by atoms with Crippen molar-refractivity contribution < 1.29 is 14.3 Å². The van der Waals surface area contributed by atoms with Gasteiger partial charge in [-0.1, -0.05) is 32.6 Å². The van der Waals surface area contributed by atoms with Gasteiger partial charge in [-0.15, -0.1) is 6.42 Å². The number of nitrogens with one attached hydrogen (secondary N) is 1. The molecule has 0 aliphatic rings. The van der Waals surface area contributed by atoms with Crippen LogP contribution in [0.2, 0.25) is 0 Å². The highest BCUT2D eigenvalue weighted by Gasteiger charge is 2.16. The number of hydrogen-bond acceptors (Lipinski definition) is 3. The van der Waals surface area contributed by atoms with Crippen LogP contribution in [0.25, 0.3) is 0 Å². The highest BCUT2D eigenvalue weighted by Crippen LogP contribution is 2.14. The topological polar surface area (TPSA) is 47.6 Å². The summed E-state index contributed by atoms with van der Waals surface area (Å²) in [7, 11) is 1.73. The summed E-state index contributed by atoms with van der Waals surface area (Å²) in [5, 5.41) is 2.67. The second-order valence-electron chi connectivity index (χ2n) is 5.98. The number of methoxy groups -OCH3 is 1. The lowest BCUT2D eigenvalue weighted by atomic mass is 10.1. The van der Waals surface area contributed by atoms with Crippen LogP contribution in [-0.2, 0) is 14.3 Å². The first-order valence-corrected chi connectivity index (χ1v) is 8.78. The van der Waals surface area contributed by atoms with Gasteiger partial charge >= 0.3 is 0 Å². The monoisotopic (exact) mass is 327 g/mol. The summed E-state index contributed by atoms with van der Waals surface area (Å²) in [5.74, 6) is 2.43. The third kappa shape index (κ3) is 17.1. The smallest absolute Gasteiger partial charge is 0.220 e. The number of rotatable bonds is 12. The predicted octanol–water partition coefficient (Wildman–Crippen LogP) is 3.93. The van der Waals surface area contributed by atoms with Crippen molar-refractivity contribution in [3.05, 3.63) is 0 Å². The van der Waals surface area contributed by atoms with E-state index in [-0.39, 0.29) is 17.6 Å². The van der Waals surface area contributed by atoms with Gasteiger partial charge in [-0.2, -0.15) is 0 Å². The fourth-order valence-corrected chi connectivity index (χ4v) is 1.82. The number of amides is 1. The van der Waals surface area contributed by atoms with E-state index in [2.05, 4.69) is 32.0 Å². The Hall–Kier alpha value is -1.05. The summed E-state index contributed by atoms with van der Waals surface area (Å²) in [4.78, 5) is 11.3. The molecule has 0 heterocycles. The molecule has 0 saturated carbocycles. The molecular weight excluding hydrogens is 290 g/mol. The molecule has 0 bridgehead atoms. The van der Waals surface area contributed by atoms with Crippen molar-refractivity contribution in [2.45, 2.75) is 84.8 Å². The van der Waals surface area contributed by atoms with Crippen LogP contribution in [-0.4, -0.2) is 37.9 Å². The van der Waals surface area contributed by atoms with E-state index in [1.54, 1.807) is 7.11 Å². The third-order valence-corrected chi connectivity index (χ3v) is 3.56. The summed E-state index contributed by atoms with van der Waals surface area (Å²) in [6.07, 6.45) is 10.8. The van der Waals surface area contributed by atoms with Crippen LogP contribution in [0.1, 0.15) is 73.1 Å². The van der Waals surface area contributed by atoms with Crippen molar-refractivity contribution in [3.8, 4) is 12.3 Å². The minimum absolute atomic E-state index is 0.0408. The Morgan fingerprint density at radius 3 is 2.48 bits per heavy atom. The van der Waals surface area contributed by atoms with Gasteiger partial charge in [-0.3, -0.25) is 4.79 Å². The molecule has 0 aromatic heterocycles. The molecule has 1 unspecified atom stereocenters. The maximum Gasteiger partial charge on any atom is 0.220 e. The van der Waals surface area contributed by atoms with Crippen LogP contribution in [0.5, 0.6) is 0 Å². The molecular formula is C19H37NO3. The highest BCUT2D eigenvalue weighted by atomic mass is 16.5. The second kappa shape index (κ2) is 15.8. The van der Waals surface area contributed by atoms with Crippen molar-refractivity contribution in [2.24, 2.45) is 0 Å². The van der Waals surface area contributed by atoms with Crippen LogP contribution in [0, 0.1) is 12.3 Å². The van der Waals surface area contributed by atoms with Gasteiger partial charge < -0.3 is 14.8 Å². The minimum atomic E-state index is -0.120. The summed E-state index contributed by atoms with van der Waals surface area (Å²) in [6, 6.07) is 0. The molecule has 0 rings (SSSR count). The molecule has 0 aromatic rings. The first kappa shape index (κ1) is 24.2. The second-order valence-corrected chi connectivity index (χ2v) is 5.98. The molecule has 23 heavy (non-hydrogen) atoms. The number of unbranched alkanes of at least 4 members (excludes halogenated alkanes) is 2. The Morgan fingerprint density at radius 2 is 1.91 bits per heavy atom. The standard InChI is InChI=1S/C17H31NO3.C2H6/c1-6-13-18-16(19)11-9-7-8-10-15(2)21-14-12-17(3,4)20-5;1-2/h1,15H,7-14H2,2-5H3,(H,18,19);1-2H3. The minimum Gasteiger partial charge on any atom is -0.379 e. The van der Waals surface area contributed by atoms with Crippen molar-refractivity contribution in [2.75, 3.05) is 20.3 Å². The quantitative estimate of drug-likeness (QED) is 0.436. The van der Waals surface area contributed by atoms with Gasteiger partial charge in [0.15, 0.2) is 0 Å². The van der Waals surface area contributed by atoms with Crippen LogP contribution >= 0.6 is 0 Å². The molecule has 0 radical (unpaired) electrons. The highest BCUT2D eigenvalue weighted by molar-refractivity contribution is 5.76. The van der Waals surface area contributed by atoms with Gasteiger partial charge in [0, 0.05) is 20.1 Å². The average molecular weight is 328 g/mol. The average Bonchev–Trinajstić information content (AvgIpc) is 2.54. The lowest BCUT2D eigenvalue weighted by molar-refractivity contribution is -0.120. The molecule has 136 valence electrons. The molecule has 4 nitrogen and oxygen atoms in total. The largest absolute Gasteiger partial charge is 0.379 e. The van der Waals surface area contributed by atoms with Crippen LogP contribution in [0.3, 0.4) is 0 Å². The molecule has 1 amide bonds. The number of terminal acetylenes is 1. The van der Waals surface area contributed by atoms with E-state index in [4.69, 9.17) is 15.9 Å². The summed E-state index contributed by atoms with van der Waals surface area (Å²) in [5.41, 5.74) is -0.120. The van der Waals surface area contributed by atoms with Crippen LogP contribution < -0.4 is 5.32 Å². The van der Waals surface area contributed by atoms with Crippen molar-refractivity contribution in [1.29, 1.82) is 0 Å². The fraction of sp³-hybridized carbons (Fsp3) is 0.842. The maximum absolute atomic E-state index is 11.3. The molecule has 1 N–H and O–H groups in total. The summed E-state index contributed by atoms with van der Waals surface area (Å²) in [6.45, 7) is 11.3. The molecule has 4 heteroatoms. The lowest BCUT2D eigenvalue weighted by Gasteiger charge is -2.23. The van der Waals surface area contributed by atoms with E-state index in [1.807, 2.05) is 13.8 Å². The van der Waals surface area contributed by atoms with Gasteiger partial charge in [-0.05, 0) is 40.0 Å². The molecule has 0 aliphatic carbocycles. The molecule has 0 fully saturated rings. The molecule has 0 spiro atoms. The third-order valence-electron chi connectivity index (χ3n) is 3.56. The molecule has 0 aliphatic heterocycles. The van der Waals surface area contributed by atoms with Gasteiger partial charge in [-0.25, -0.2) is 0 Å². The Bertz CT molecular complexity index is 321. The van der Waals surface area contributed by atoms with Crippen molar-refractivity contribution >= 4 is 5.91 Å². The van der Waals surface area contributed by atoms with Crippen LogP contribution in [0.15, 0.2) is 0 Å². The van der Waals surface area contributed by atoms with Crippen molar-refractivity contribution in [1.82, 2.24) is 5.32 Å². The molecule has 0 saturated heterocycles. The van der Waals surface area contributed by atoms with E-state index in [0.29, 0.717) is 13.0 Å². The summed E-state index contributed by atoms with van der Waals surface area (Å²) >= 11 is 0. The maximum atomic E-state index is 11.3. The van der Waals surface area contributed by atoms with Crippen molar-refractivity contribution in [3.63, 3.8) is 0 Å². The van der Waals surface area contributed by atoms with E-state index >= 15 is 0 Å². The SMILES string of the molecule is C#CCNC(=O)CCCCCC(C)OCCC(C)(C)OC.CC. The first-order valence-electron chi connectivity index (χ1n) is 8.78. The summed E-state index contributed by atoms with van der Waals surface area (Å²) < 4.78 is 11.1. The first-order chi connectivity index (χ1) is 10.9. The molecule has 1 atom stereocenters. The van der Waals surface area contributed by atoms with Gasteiger partial charge in [0.1, 0.15) is 0 Å². The Morgan fingerprint density at radius 1 is 1.26 bits per heavy atom. The van der Waals surface area contributed by atoms with Gasteiger partial charge in [0.25, 0.3) is 0 Å². The zero-order valence-electron chi connectivity index (χ0n) is 16.0. The van der Waals surface area contributed by atoms with Gasteiger partial charge in [0.2, 0.25) is 5.91 Å². The lowest BCUT2D eigenvalue weighted by Crippen LogP contribution is -2.25. The van der Waals surface area contributed by atoms with Gasteiger partial charge in [0.05, 0.1) is 18.2 Å². The Labute approximate surface area is 143 Å². The van der Waals surface area contributed by atoms with E-state index in [0.717, 1.165) is 38.7 Å². The van der Waals surface area contributed by atoms with Crippen LogP contribution in [0.4, 0.5) is 0 Å². The number of carbonyl (C=O) groups is 1.